The maximum Gasteiger partial charge on any atom is 0.354 e. The van der Waals surface area contributed by atoms with Crippen LogP contribution in [0.3, 0.4) is 0 Å². The molecule has 1 aromatic heterocycles. The molecular formula is C24H35N7O2. The number of benzene rings is 1. The molecule has 1 aromatic carbocycles. The number of carbonyl (C=O) groups is 1. The molecule has 178 valence electrons. The average Bonchev–Trinajstić information content (AvgIpc) is 2.79. The number of nitrogens with one attached hydrogen (secondary N) is 2. The van der Waals surface area contributed by atoms with Crippen LogP contribution >= 0.6 is 0 Å². The molecule has 9 nitrogen and oxygen atoms in total. The van der Waals surface area contributed by atoms with E-state index in [-0.39, 0.29) is 11.8 Å². The molecule has 1 unspecified atom stereocenters. The van der Waals surface area contributed by atoms with Crippen LogP contribution in [0.15, 0.2) is 41.3 Å². The summed E-state index contributed by atoms with van der Waals surface area (Å²) in [7, 11) is 2.18. The van der Waals surface area contributed by atoms with Crippen LogP contribution < -0.4 is 22.1 Å². The molecule has 2 fully saturated rings. The lowest BCUT2D eigenvalue weighted by molar-refractivity contribution is 0.153. The minimum absolute atomic E-state index is 0.232. The molecule has 9 heteroatoms. The second kappa shape index (κ2) is 10.5. The van der Waals surface area contributed by atoms with Crippen LogP contribution in [-0.4, -0.2) is 77.2 Å². The van der Waals surface area contributed by atoms with Gasteiger partial charge in [0.15, 0.2) is 0 Å². The summed E-state index contributed by atoms with van der Waals surface area (Å²) < 4.78 is 1.49. The monoisotopic (exact) mass is 453 g/mol. The lowest BCUT2D eigenvalue weighted by atomic mass is 9.80. The quantitative estimate of drug-likeness (QED) is 0.583. The third-order valence-corrected chi connectivity index (χ3v) is 6.76. The molecule has 1 atom stereocenters. The largest absolute Gasteiger partial charge is 0.354 e. The normalized spacial score (nSPS) is 21.5. The van der Waals surface area contributed by atoms with Crippen molar-refractivity contribution in [3.8, 4) is 5.69 Å². The van der Waals surface area contributed by atoms with Gasteiger partial charge in [0.05, 0.1) is 5.69 Å². The number of rotatable bonds is 7. The standard InChI is InChI=1S/C24H35N7O2/c1-17(29(2)16-19-14-20(25)15-19)13-18-3-5-21(6-4-18)31-10-7-22(28-24(31)33)27-23(32)30-11-8-26-9-12-30/h3-7,10,17,19-20,26H,8-9,11-16,25H2,1-2H3,(H,27,28,32,33)/t17?,19-,20-. The molecule has 2 aliphatic rings. The first-order valence-corrected chi connectivity index (χ1v) is 11.8. The van der Waals surface area contributed by atoms with Gasteiger partial charge in [-0.05, 0) is 62.9 Å². The highest BCUT2D eigenvalue weighted by atomic mass is 16.2. The number of hydrogen-bond acceptors (Lipinski definition) is 6. The first-order valence-electron chi connectivity index (χ1n) is 11.8. The molecule has 2 aromatic rings. The smallest absolute Gasteiger partial charge is 0.328 e. The Labute approximate surface area is 195 Å². The van der Waals surface area contributed by atoms with Crippen LogP contribution in [0.1, 0.15) is 25.3 Å². The zero-order valence-corrected chi connectivity index (χ0v) is 19.5. The van der Waals surface area contributed by atoms with Gasteiger partial charge in [0, 0.05) is 51.0 Å². The van der Waals surface area contributed by atoms with Gasteiger partial charge in [0.2, 0.25) is 0 Å². The van der Waals surface area contributed by atoms with Crippen LogP contribution in [0.4, 0.5) is 10.6 Å². The second-order valence-electron chi connectivity index (χ2n) is 9.39. The predicted molar refractivity (Wildman–Crippen MR) is 130 cm³/mol. The van der Waals surface area contributed by atoms with E-state index in [4.69, 9.17) is 5.73 Å². The molecule has 0 spiro atoms. The summed E-state index contributed by atoms with van der Waals surface area (Å²) in [4.78, 5) is 33.1. The molecule has 1 aliphatic carbocycles. The fourth-order valence-electron chi connectivity index (χ4n) is 4.54. The Kier molecular flexibility index (Phi) is 7.42. The predicted octanol–water partition coefficient (Wildman–Crippen LogP) is 1.27. The highest BCUT2D eigenvalue weighted by molar-refractivity contribution is 5.88. The van der Waals surface area contributed by atoms with Gasteiger partial charge >= 0.3 is 11.7 Å². The van der Waals surface area contributed by atoms with E-state index >= 15 is 0 Å². The highest BCUT2D eigenvalue weighted by Crippen LogP contribution is 2.26. The Balaban J connectivity index is 1.34. The fraction of sp³-hybridized carbons (Fsp3) is 0.542. The van der Waals surface area contributed by atoms with Gasteiger partial charge in [-0.2, -0.15) is 4.98 Å². The Morgan fingerprint density at radius 1 is 1.24 bits per heavy atom. The summed E-state index contributed by atoms with van der Waals surface area (Å²) in [6.07, 6.45) is 4.86. The number of amides is 2. The Hall–Kier alpha value is -2.75. The number of nitrogens with zero attached hydrogens (tertiary/aromatic N) is 4. The van der Waals surface area contributed by atoms with Crippen LogP contribution in [0.5, 0.6) is 0 Å². The van der Waals surface area contributed by atoms with E-state index in [1.54, 1.807) is 17.2 Å². The van der Waals surface area contributed by atoms with E-state index in [2.05, 4.69) is 46.6 Å². The third kappa shape index (κ3) is 5.98. The maximum atomic E-state index is 12.6. The van der Waals surface area contributed by atoms with E-state index in [0.717, 1.165) is 50.5 Å². The van der Waals surface area contributed by atoms with Crippen LogP contribution in [-0.2, 0) is 6.42 Å². The topological polar surface area (TPSA) is 109 Å². The first kappa shape index (κ1) is 23.4. The number of likely N-dealkylation sites (N-methyl/N-ethyl adjacent to an activating group) is 1. The summed E-state index contributed by atoms with van der Waals surface area (Å²) in [6.45, 7) is 6.14. The molecule has 4 N–H and O–H groups in total. The Morgan fingerprint density at radius 2 is 1.94 bits per heavy atom. The van der Waals surface area contributed by atoms with Crippen LogP contribution in [0.25, 0.3) is 5.69 Å². The SMILES string of the molecule is CC(Cc1ccc(-n2ccc(NC(=O)N3CCNCC3)nc2=O)cc1)N(C)C[C@H]1C[C@H](N)C1. The summed E-state index contributed by atoms with van der Waals surface area (Å²) in [5, 5.41) is 5.92. The summed E-state index contributed by atoms with van der Waals surface area (Å²) in [5.41, 5.74) is 7.46. The van der Waals surface area contributed by atoms with Crippen molar-refractivity contribution in [2.75, 3.05) is 45.1 Å². The van der Waals surface area contributed by atoms with Gasteiger partial charge in [-0.3, -0.25) is 9.88 Å². The number of hydrogen-bond donors (Lipinski definition) is 3. The summed E-state index contributed by atoms with van der Waals surface area (Å²) in [6, 6.07) is 10.2. The Bertz CT molecular complexity index is 995. The lowest BCUT2D eigenvalue weighted by Crippen LogP contribution is -2.48. The van der Waals surface area contributed by atoms with Crippen LogP contribution in [0, 0.1) is 5.92 Å². The molecule has 0 radical (unpaired) electrons. The molecule has 1 saturated carbocycles. The van der Waals surface area contributed by atoms with Crippen molar-refractivity contribution in [2.24, 2.45) is 11.7 Å². The van der Waals surface area contributed by atoms with E-state index in [0.29, 0.717) is 25.2 Å². The molecule has 1 aliphatic heterocycles. The maximum absolute atomic E-state index is 12.6. The van der Waals surface area contributed by atoms with Crippen LogP contribution in [0.2, 0.25) is 0 Å². The van der Waals surface area contributed by atoms with Crippen molar-refractivity contribution in [2.45, 2.75) is 38.3 Å². The molecule has 1 saturated heterocycles. The summed E-state index contributed by atoms with van der Waals surface area (Å²) in [5.74, 6) is 0.986. The van der Waals surface area contributed by atoms with Gasteiger partial charge in [0.1, 0.15) is 5.82 Å². The molecule has 2 amide bonds. The second-order valence-corrected chi connectivity index (χ2v) is 9.39. The molecule has 0 bridgehead atoms. The number of urea groups is 1. The molecular weight excluding hydrogens is 418 g/mol. The number of piperazine rings is 1. The van der Waals surface area contributed by atoms with Crippen molar-refractivity contribution in [1.82, 2.24) is 24.7 Å². The zero-order chi connectivity index (χ0) is 23.4. The average molecular weight is 454 g/mol. The van der Waals surface area contributed by atoms with E-state index < -0.39 is 5.69 Å². The van der Waals surface area contributed by atoms with Crippen molar-refractivity contribution in [3.63, 3.8) is 0 Å². The van der Waals surface area contributed by atoms with Gasteiger partial charge in [-0.15, -0.1) is 0 Å². The van der Waals surface area contributed by atoms with Crippen molar-refractivity contribution < 1.29 is 4.79 Å². The molecule has 33 heavy (non-hydrogen) atoms. The minimum atomic E-state index is -0.423. The van der Waals surface area contributed by atoms with Gasteiger partial charge in [-0.25, -0.2) is 9.59 Å². The van der Waals surface area contributed by atoms with E-state index in [1.165, 1.54) is 10.1 Å². The number of aromatic nitrogens is 2. The van der Waals surface area contributed by atoms with Crippen molar-refractivity contribution in [3.05, 3.63) is 52.6 Å². The van der Waals surface area contributed by atoms with Gasteiger partial charge in [-0.1, -0.05) is 12.1 Å². The first-order chi connectivity index (χ1) is 15.9. The van der Waals surface area contributed by atoms with Gasteiger partial charge in [0.25, 0.3) is 0 Å². The lowest BCUT2D eigenvalue weighted by Gasteiger charge is -2.37. The van der Waals surface area contributed by atoms with E-state index in [1.807, 2.05) is 12.1 Å². The Morgan fingerprint density at radius 3 is 2.58 bits per heavy atom. The summed E-state index contributed by atoms with van der Waals surface area (Å²) >= 11 is 0. The number of carbonyl (C=O) groups excluding carboxylic acids is 1. The van der Waals surface area contributed by atoms with Crippen molar-refractivity contribution in [1.29, 1.82) is 0 Å². The fourth-order valence-corrected chi connectivity index (χ4v) is 4.54. The van der Waals surface area contributed by atoms with Gasteiger partial charge < -0.3 is 20.9 Å². The molecule has 2 heterocycles. The molecule has 4 rings (SSSR count). The highest BCUT2D eigenvalue weighted by Gasteiger charge is 2.27. The zero-order valence-electron chi connectivity index (χ0n) is 19.5. The third-order valence-electron chi connectivity index (χ3n) is 6.76. The van der Waals surface area contributed by atoms with E-state index in [9.17, 15) is 9.59 Å². The number of anilines is 1. The van der Waals surface area contributed by atoms with Crippen molar-refractivity contribution >= 4 is 11.8 Å². The minimum Gasteiger partial charge on any atom is -0.328 e. The number of nitrogens with two attached hydrogens (primary N) is 1.